The second-order valence-corrected chi connectivity index (χ2v) is 5.62. The van der Waals surface area contributed by atoms with Gasteiger partial charge < -0.3 is 19.9 Å². The number of pyridine rings is 1. The van der Waals surface area contributed by atoms with Crippen molar-refractivity contribution in [3.8, 4) is 0 Å². The summed E-state index contributed by atoms with van der Waals surface area (Å²) in [5, 5.41) is 12.2. The van der Waals surface area contributed by atoms with Gasteiger partial charge in [-0.1, -0.05) is 0 Å². The van der Waals surface area contributed by atoms with Crippen molar-refractivity contribution in [2.75, 3.05) is 37.8 Å². The Labute approximate surface area is 148 Å². The minimum Gasteiger partial charge on any atom is -0.477 e. The summed E-state index contributed by atoms with van der Waals surface area (Å²) < 4.78 is 28.7. The van der Waals surface area contributed by atoms with E-state index >= 15 is 0 Å². The van der Waals surface area contributed by atoms with Crippen LogP contribution in [0.2, 0.25) is 0 Å². The first-order valence-corrected chi connectivity index (χ1v) is 7.64. The average molecular weight is 374 g/mol. The van der Waals surface area contributed by atoms with Gasteiger partial charge in [-0.05, 0) is 12.1 Å². The van der Waals surface area contributed by atoms with Gasteiger partial charge in [0, 0.05) is 37.8 Å². The van der Waals surface area contributed by atoms with Crippen LogP contribution in [0.5, 0.6) is 0 Å². The SMILES string of the molecule is Cl.O=C(O)c1cn(CCF)c2cc(N3CCNCC3)c(F)cc2c1=O. The van der Waals surface area contributed by atoms with Crippen molar-refractivity contribution < 1.29 is 18.7 Å². The number of aromatic carboxylic acids is 1. The first kappa shape index (κ1) is 19.1. The third-order valence-corrected chi connectivity index (χ3v) is 4.16. The summed E-state index contributed by atoms with van der Waals surface area (Å²) in [6.07, 6.45) is 1.12. The first-order chi connectivity index (χ1) is 11.5. The van der Waals surface area contributed by atoms with E-state index in [1.807, 2.05) is 4.90 Å². The Balaban J connectivity index is 0.00000225. The van der Waals surface area contributed by atoms with E-state index < -0.39 is 29.5 Å². The zero-order chi connectivity index (χ0) is 17.3. The fourth-order valence-corrected chi connectivity index (χ4v) is 2.98. The van der Waals surface area contributed by atoms with E-state index in [0.717, 1.165) is 12.3 Å². The van der Waals surface area contributed by atoms with Crippen LogP contribution in [-0.2, 0) is 6.54 Å². The molecule has 136 valence electrons. The highest BCUT2D eigenvalue weighted by Crippen LogP contribution is 2.25. The molecule has 2 aromatic rings. The Hall–Kier alpha value is -2.19. The van der Waals surface area contributed by atoms with Crippen molar-refractivity contribution in [1.82, 2.24) is 9.88 Å². The lowest BCUT2D eigenvalue weighted by Crippen LogP contribution is -2.43. The standard InChI is InChI=1S/C16H17F2N3O3.ClH/c17-1-4-21-9-11(16(23)24)15(22)10-7-12(18)14(8-13(10)21)20-5-2-19-3-6-20;/h7-9,19H,1-6H2,(H,23,24);1H. The fraction of sp³-hybridized carbons (Fsp3) is 0.375. The molecule has 9 heteroatoms. The van der Waals surface area contributed by atoms with Gasteiger partial charge in [0.25, 0.3) is 0 Å². The molecule has 0 amide bonds. The Bertz CT molecular complexity index is 851. The van der Waals surface area contributed by atoms with Crippen LogP contribution < -0.4 is 15.6 Å². The topological polar surface area (TPSA) is 74.6 Å². The van der Waals surface area contributed by atoms with Gasteiger partial charge in [0.05, 0.1) is 17.7 Å². The molecule has 0 spiro atoms. The zero-order valence-electron chi connectivity index (χ0n) is 13.3. The molecule has 0 radical (unpaired) electrons. The molecule has 3 rings (SSSR count). The summed E-state index contributed by atoms with van der Waals surface area (Å²) in [4.78, 5) is 25.3. The smallest absolute Gasteiger partial charge is 0.341 e. The van der Waals surface area contributed by atoms with Crippen LogP contribution in [0.15, 0.2) is 23.1 Å². The maximum Gasteiger partial charge on any atom is 0.341 e. The molecule has 1 aliphatic heterocycles. The number of carboxylic acid groups (broad SMARTS) is 1. The highest BCUT2D eigenvalue weighted by Gasteiger charge is 2.20. The Kier molecular flexibility index (Phi) is 5.97. The number of hydrogen-bond acceptors (Lipinski definition) is 4. The van der Waals surface area contributed by atoms with Gasteiger partial charge in [-0.3, -0.25) is 4.79 Å². The number of anilines is 1. The normalized spacial score (nSPS) is 14.4. The fourth-order valence-electron chi connectivity index (χ4n) is 2.98. The molecule has 6 nitrogen and oxygen atoms in total. The van der Waals surface area contributed by atoms with Gasteiger partial charge in [0.15, 0.2) is 0 Å². The lowest BCUT2D eigenvalue weighted by Gasteiger charge is -2.30. The van der Waals surface area contributed by atoms with E-state index in [1.165, 1.54) is 10.6 Å². The highest BCUT2D eigenvalue weighted by molar-refractivity contribution is 5.93. The van der Waals surface area contributed by atoms with E-state index in [4.69, 9.17) is 5.11 Å². The molecule has 2 N–H and O–H groups in total. The number of fused-ring (bicyclic) bond motifs is 1. The summed E-state index contributed by atoms with van der Waals surface area (Å²) >= 11 is 0. The number of halogens is 3. The monoisotopic (exact) mass is 373 g/mol. The van der Waals surface area contributed by atoms with Crippen LogP contribution in [0, 0.1) is 5.82 Å². The maximum atomic E-state index is 14.5. The molecular formula is C16H18ClF2N3O3. The summed E-state index contributed by atoms with van der Waals surface area (Å²) in [5.41, 5.74) is -0.597. The predicted octanol–water partition coefficient (Wildman–Crippen LogP) is 1.64. The molecule has 1 aliphatic rings. The molecule has 0 atom stereocenters. The average Bonchev–Trinajstić information content (AvgIpc) is 2.57. The van der Waals surface area contributed by atoms with Crippen LogP contribution in [0.25, 0.3) is 10.9 Å². The number of alkyl halides is 1. The number of carbonyl (C=O) groups is 1. The zero-order valence-corrected chi connectivity index (χ0v) is 14.1. The Morgan fingerprint density at radius 1 is 1.28 bits per heavy atom. The van der Waals surface area contributed by atoms with Crippen molar-refractivity contribution in [2.45, 2.75) is 6.54 Å². The quantitative estimate of drug-likeness (QED) is 0.852. The van der Waals surface area contributed by atoms with Crippen LogP contribution in [0.3, 0.4) is 0 Å². The van der Waals surface area contributed by atoms with E-state index in [1.54, 1.807) is 0 Å². The van der Waals surface area contributed by atoms with Gasteiger partial charge in [-0.2, -0.15) is 0 Å². The summed E-state index contributed by atoms with van der Waals surface area (Å²) in [5.74, 6) is -2.00. The number of piperazine rings is 1. The van der Waals surface area contributed by atoms with Gasteiger partial charge in [-0.15, -0.1) is 12.4 Å². The van der Waals surface area contributed by atoms with Crippen molar-refractivity contribution in [2.24, 2.45) is 0 Å². The molecule has 0 saturated carbocycles. The van der Waals surface area contributed by atoms with Crippen molar-refractivity contribution in [3.63, 3.8) is 0 Å². The van der Waals surface area contributed by atoms with Gasteiger partial charge in [-0.25, -0.2) is 13.6 Å². The number of aromatic nitrogens is 1. The minimum absolute atomic E-state index is 0. The molecular weight excluding hydrogens is 356 g/mol. The molecule has 1 fully saturated rings. The molecule has 0 unspecified atom stereocenters. The predicted molar refractivity (Wildman–Crippen MR) is 93.4 cm³/mol. The van der Waals surface area contributed by atoms with Crippen LogP contribution in [0.1, 0.15) is 10.4 Å². The van der Waals surface area contributed by atoms with Gasteiger partial charge in [0.2, 0.25) is 5.43 Å². The van der Waals surface area contributed by atoms with Crippen LogP contribution in [0.4, 0.5) is 14.5 Å². The lowest BCUT2D eigenvalue weighted by molar-refractivity contribution is 0.0694. The maximum absolute atomic E-state index is 14.5. The molecule has 1 aromatic carbocycles. The highest BCUT2D eigenvalue weighted by atomic mass is 35.5. The summed E-state index contributed by atoms with van der Waals surface area (Å²) in [6, 6.07) is 2.55. The minimum atomic E-state index is -1.42. The van der Waals surface area contributed by atoms with Crippen molar-refractivity contribution in [1.29, 1.82) is 0 Å². The van der Waals surface area contributed by atoms with E-state index in [2.05, 4.69) is 5.32 Å². The van der Waals surface area contributed by atoms with Crippen LogP contribution in [-0.4, -0.2) is 48.5 Å². The van der Waals surface area contributed by atoms with Crippen LogP contribution >= 0.6 is 12.4 Å². The molecule has 2 heterocycles. The lowest BCUT2D eigenvalue weighted by atomic mass is 10.1. The third-order valence-electron chi connectivity index (χ3n) is 4.16. The van der Waals surface area contributed by atoms with E-state index in [0.29, 0.717) is 37.4 Å². The summed E-state index contributed by atoms with van der Waals surface area (Å²) in [6.45, 7) is 1.83. The second-order valence-electron chi connectivity index (χ2n) is 5.62. The van der Waals surface area contributed by atoms with Crippen molar-refractivity contribution in [3.05, 3.63) is 39.9 Å². The second kappa shape index (κ2) is 7.79. The number of hydrogen-bond donors (Lipinski definition) is 2. The Morgan fingerprint density at radius 2 is 1.96 bits per heavy atom. The molecule has 0 aliphatic carbocycles. The van der Waals surface area contributed by atoms with Gasteiger partial charge >= 0.3 is 5.97 Å². The Morgan fingerprint density at radius 3 is 2.56 bits per heavy atom. The number of nitrogens with one attached hydrogen (secondary N) is 1. The molecule has 25 heavy (non-hydrogen) atoms. The number of carboxylic acids is 1. The van der Waals surface area contributed by atoms with E-state index in [9.17, 15) is 18.4 Å². The summed E-state index contributed by atoms with van der Waals surface area (Å²) in [7, 11) is 0. The number of nitrogens with zero attached hydrogens (tertiary/aromatic N) is 2. The first-order valence-electron chi connectivity index (χ1n) is 7.64. The molecule has 0 bridgehead atoms. The number of benzene rings is 1. The number of rotatable bonds is 4. The largest absolute Gasteiger partial charge is 0.477 e. The van der Waals surface area contributed by atoms with E-state index in [-0.39, 0.29) is 24.3 Å². The third kappa shape index (κ3) is 3.59. The van der Waals surface area contributed by atoms with Crippen molar-refractivity contribution >= 4 is 35.0 Å². The number of aryl methyl sites for hydroxylation is 1. The molecule has 1 aromatic heterocycles. The molecule has 1 saturated heterocycles. The van der Waals surface area contributed by atoms with Gasteiger partial charge in [0.1, 0.15) is 18.1 Å².